The van der Waals surface area contributed by atoms with Crippen LogP contribution < -0.4 is 9.80 Å². The van der Waals surface area contributed by atoms with E-state index in [4.69, 9.17) is 0 Å². The fraction of sp³-hybridized carbons (Fsp3) is 0.0857. The molecule has 0 saturated heterocycles. The van der Waals surface area contributed by atoms with Gasteiger partial charge in [-0.2, -0.15) is 0 Å². The summed E-state index contributed by atoms with van der Waals surface area (Å²) < 4.78 is 0. The van der Waals surface area contributed by atoms with Crippen molar-refractivity contribution in [1.29, 1.82) is 0 Å². The molecule has 12 aromatic rings. The van der Waals surface area contributed by atoms with E-state index in [1.807, 2.05) is 0 Å². The molecule has 12 aromatic carbocycles. The minimum absolute atomic E-state index is 0.160. The first kappa shape index (κ1) is 42.2. The van der Waals surface area contributed by atoms with Crippen molar-refractivity contribution in [1.82, 2.24) is 0 Å². The highest BCUT2D eigenvalue weighted by Gasteiger charge is 2.38. The molecule has 0 spiro atoms. The lowest BCUT2D eigenvalue weighted by molar-refractivity contribution is 0.661. The maximum atomic E-state index is 2.45. The lowest BCUT2D eigenvalue weighted by atomic mass is 9.82. The van der Waals surface area contributed by atoms with Crippen molar-refractivity contribution in [2.45, 2.75) is 38.5 Å². The van der Waals surface area contributed by atoms with Crippen LogP contribution in [0.3, 0.4) is 0 Å². The molecular formula is C70H52N2. The van der Waals surface area contributed by atoms with E-state index < -0.39 is 0 Å². The Labute approximate surface area is 421 Å². The highest BCUT2D eigenvalue weighted by molar-refractivity contribution is 6.06. The van der Waals surface area contributed by atoms with Crippen LogP contribution in [0.4, 0.5) is 34.1 Å². The summed E-state index contributed by atoms with van der Waals surface area (Å²) in [5.74, 6) is 0. The number of fused-ring (bicyclic) bond motifs is 12. The largest absolute Gasteiger partial charge is 0.310 e. The van der Waals surface area contributed by atoms with Crippen molar-refractivity contribution < 1.29 is 0 Å². The minimum Gasteiger partial charge on any atom is -0.310 e. The Morgan fingerprint density at radius 2 is 0.597 bits per heavy atom. The molecule has 0 bridgehead atoms. The normalized spacial score (nSPS) is 13.8. The molecule has 0 N–H and O–H groups in total. The summed E-state index contributed by atoms with van der Waals surface area (Å²) in [6, 6.07) is 90.3. The number of anilines is 6. The molecular weight excluding hydrogens is 869 g/mol. The number of nitrogens with zero attached hydrogens (tertiary/aromatic N) is 2. The zero-order valence-corrected chi connectivity index (χ0v) is 41.0. The summed E-state index contributed by atoms with van der Waals surface area (Å²) in [5.41, 5.74) is 19.7. The second-order valence-corrected chi connectivity index (χ2v) is 20.9. The summed E-state index contributed by atoms with van der Waals surface area (Å²) in [6.45, 7) is 9.53. The maximum absolute atomic E-state index is 2.45. The van der Waals surface area contributed by atoms with E-state index in [0.717, 1.165) is 34.1 Å². The molecule has 0 aromatic heterocycles. The third-order valence-corrected chi connectivity index (χ3v) is 16.2. The molecule has 0 atom stereocenters. The van der Waals surface area contributed by atoms with Gasteiger partial charge in [0.2, 0.25) is 0 Å². The van der Waals surface area contributed by atoms with Crippen molar-refractivity contribution >= 4 is 77.2 Å². The molecule has 14 rings (SSSR count). The molecule has 342 valence electrons. The summed E-state index contributed by atoms with van der Waals surface area (Å²) in [5, 5.41) is 10.1. The van der Waals surface area contributed by atoms with E-state index >= 15 is 0 Å². The first-order chi connectivity index (χ1) is 35.2. The average Bonchev–Trinajstić information content (AvgIpc) is 3.81. The monoisotopic (exact) mass is 920 g/mol. The molecule has 72 heavy (non-hydrogen) atoms. The topological polar surface area (TPSA) is 6.48 Å². The van der Waals surface area contributed by atoms with Gasteiger partial charge in [-0.05, 0) is 149 Å². The average molecular weight is 921 g/mol. The predicted molar refractivity (Wildman–Crippen MR) is 306 cm³/mol. The van der Waals surface area contributed by atoms with Crippen molar-refractivity contribution in [3.05, 3.63) is 265 Å². The number of benzene rings is 12. The van der Waals surface area contributed by atoms with Crippen molar-refractivity contribution in [3.8, 4) is 33.4 Å². The van der Waals surface area contributed by atoms with Gasteiger partial charge in [-0.15, -0.1) is 0 Å². The van der Waals surface area contributed by atoms with Crippen LogP contribution in [0.5, 0.6) is 0 Å². The standard InChI is InChI=1S/C70H52N2/c1-69(2)61-41-31-49-17-7-11-23-57(49)67(61)59-39-37-53(43-63(59)69)71(65-25-13-19-47-15-5-9-21-55(47)65)51-33-27-45(28-34-51)46-29-35-52(36-30-46)72(66-26-14-20-48-16-6-10-22-56(48)66)54-38-40-60-64(44-54)70(3,4)62-42-32-50-18-8-12-24-58(50)68(60)62/h5-44H,1-4H3. The van der Waals surface area contributed by atoms with Gasteiger partial charge in [0.05, 0.1) is 11.4 Å². The molecule has 2 nitrogen and oxygen atoms in total. The fourth-order valence-electron chi connectivity index (χ4n) is 12.5. The van der Waals surface area contributed by atoms with Crippen LogP contribution in [-0.2, 0) is 10.8 Å². The van der Waals surface area contributed by atoms with E-state index in [9.17, 15) is 0 Å². The third kappa shape index (κ3) is 6.35. The van der Waals surface area contributed by atoms with Gasteiger partial charge in [-0.3, -0.25) is 0 Å². The zero-order valence-electron chi connectivity index (χ0n) is 41.0. The number of hydrogen-bond acceptors (Lipinski definition) is 2. The first-order valence-electron chi connectivity index (χ1n) is 25.3. The fourth-order valence-corrected chi connectivity index (χ4v) is 12.5. The highest BCUT2D eigenvalue weighted by Crippen LogP contribution is 2.55. The van der Waals surface area contributed by atoms with Crippen LogP contribution in [0, 0.1) is 0 Å². The molecule has 0 aliphatic heterocycles. The van der Waals surface area contributed by atoms with Gasteiger partial charge in [-0.25, -0.2) is 0 Å². The van der Waals surface area contributed by atoms with Gasteiger partial charge < -0.3 is 9.80 Å². The number of rotatable bonds is 7. The second-order valence-electron chi connectivity index (χ2n) is 20.9. The van der Waals surface area contributed by atoms with Crippen molar-refractivity contribution in [3.63, 3.8) is 0 Å². The third-order valence-electron chi connectivity index (χ3n) is 16.2. The highest BCUT2D eigenvalue weighted by atomic mass is 15.1. The SMILES string of the molecule is CC1(C)c2cc(N(c3ccc(-c4ccc(N(c5ccc6c(c5)C(C)(C)c5ccc7ccccc7c5-6)c5cccc6ccccc56)cc4)cc3)c3cccc4ccccc34)ccc2-c2c1ccc1ccccc21. The zero-order chi connectivity index (χ0) is 48.3. The van der Waals surface area contributed by atoms with Crippen LogP contribution in [0.2, 0.25) is 0 Å². The molecule has 0 fully saturated rings. The van der Waals surface area contributed by atoms with Crippen LogP contribution in [0.1, 0.15) is 49.9 Å². The van der Waals surface area contributed by atoms with Gasteiger partial charge in [-0.1, -0.05) is 210 Å². The van der Waals surface area contributed by atoms with E-state index in [-0.39, 0.29) is 10.8 Å². The molecule has 0 radical (unpaired) electrons. The minimum atomic E-state index is -0.160. The Kier molecular flexibility index (Phi) is 9.32. The van der Waals surface area contributed by atoms with Crippen LogP contribution in [-0.4, -0.2) is 0 Å². The van der Waals surface area contributed by atoms with Crippen LogP contribution in [0.15, 0.2) is 243 Å². The number of hydrogen-bond donors (Lipinski definition) is 0. The maximum Gasteiger partial charge on any atom is 0.0540 e. The smallest absolute Gasteiger partial charge is 0.0540 e. The van der Waals surface area contributed by atoms with Crippen LogP contribution in [0.25, 0.3) is 76.5 Å². The van der Waals surface area contributed by atoms with Gasteiger partial charge in [0.15, 0.2) is 0 Å². The van der Waals surface area contributed by atoms with Gasteiger partial charge in [0.1, 0.15) is 0 Å². The first-order valence-corrected chi connectivity index (χ1v) is 25.3. The van der Waals surface area contributed by atoms with E-state index in [0.29, 0.717) is 0 Å². The van der Waals surface area contributed by atoms with Gasteiger partial charge >= 0.3 is 0 Å². The lowest BCUT2D eigenvalue weighted by Gasteiger charge is -2.29. The van der Waals surface area contributed by atoms with Crippen molar-refractivity contribution in [2.75, 3.05) is 9.80 Å². The quantitative estimate of drug-likeness (QED) is 0.157. The lowest BCUT2D eigenvalue weighted by Crippen LogP contribution is -2.16. The molecule has 0 amide bonds. The Bertz CT molecular complexity index is 3880. The molecule has 2 aliphatic rings. The Balaban J connectivity index is 0.855. The van der Waals surface area contributed by atoms with Gasteiger partial charge in [0.25, 0.3) is 0 Å². The molecule has 0 heterocycles. The van der Waals surface area contributed by atoms with Gasteiger partial charge in [0, 0.05) is 44.4 Å². The summed E-state index contributed by atoms with van der Waals surface area (Å²) in [6.07, 6.45) is 0. The summed E-state index contributed by atoms with van der Waals surface area (Å²) in [4.78, 5) is 4.90. The molecule has 0 saturated carbocycles. The molecule has 2 aliphatic carbocycles. The van der Waals surface area contributed by atoms with Crippen LogP contribution >= 0.6 is 0 Å². The summed E-state index contributed by atoms with van der Waals surface area (Å²) >= 11 is 0. The molecule has 0 unspecified atom stereocenters. The van der Waals surface area contributed by atoms with E-state index in [1.165, 1.54) is 98.7 Å². The Morgan fingerprint density at radius 3 is 1.00 bits per heavy atom. The predicted octanol–water partition coefficient (Wildman–Crippen LogP) is 19.5. The Morgan fingerprint density at radius 1 is 0.264 bits per heavy atom. The van der Waals surface area contributed by atoms with E-state index in [1.54, 1.807) is 0 Å². The molecule has 2 heteroatoms. The summed E-state index contributed by atoms with van der Waals surface area (Å²) in [7, 11) is 0. The van der Waals surface area contributed by atoms with E-state index in [2.05, 4.69) is 280 Å². The Hall–Kier alpha value is -8.72. The second kappa shape index (κ2) is 15.9. The van der Waals surface area contributed by atoms with Crippen molar-refractivity contribution in [2.24, 2.45) is 0 Å².